The first-order valence-electron chi connectivity index (χ1n) is 8.42. The number of benzene rings is 2. The number of aromatic nitrogens is 2. The molecule has 2 amide bonds. The van der Waals surface area contributed by atoms with Gasteiger partial charge < -0.3 is 10.6 Å². The number of rotatable bonds is 5. The van der Waals surface area contributed by atoms with E-state index in [0.29, 0.717) is 11.4 Å². The fourth-order valence-corrected chi connectivity index (χ4v) is 2.39. The minimum atomic E-state index is -0.530. The third kappa shape index (κ3) is 4.88. The Morgan fingerprint density at radius 1 is 0.929 bits per heavy atom. The third-order valence-electron chi connectivity index (χ3n) is 3.83. The summed E-state index contributed by atoms with van der Waals surface area (Å²) in [7, 11) is 0. The molecule has 3 rings (SSSR count). The molecule has 0 fully saturated rings. The average Bonchev–Trinajstić information content (AvgIpc) is 2.67. The number of hydrogen-bond donors (Lipinski definition) is 2. The van der Waals surface area contributed by atoms with E-state index in [2.05, 4.69) is 15.7 Å². The Kier molecular flexibility index (Phi) is 5.59. The molecule has 0 radical (unpaired) electrons. The van der Waals surface area contributed by atoms with Crippen molar-refractivity contribution >= 4 is 23.2 Å². The maximum Gasteiger partial charge on any atom is 0.276 e. The van der Waals surface area contributed by atoms with Gasteiger partial charge in [-0.15, -0.1) is 0 Å². The number of aryl methyl sites for hydroxylation is 1. The van der Waals surface area contributed by atoms with Crippen molar-refractivity contribution in [1.82, 2.24) is 9.78 Å². The van der Waals surface area contributed by atoms with Gasteiger partial charge in [0.05, 0.1) is 0 Å². The predicted octanol–water partition coefficient (Wildman–Crippen LogP) is 2.58. The Morgan fingerprint density at radius 3 is 2.21 bits per heavy atom. The van der Waals surface area contributed by atoms with Crippen molar-refractivity contribution in [1.29, 1.82) is 0 Å². The standard InChI is InChI=1S/C20H17FN4O3/c1-13-2-6-16(7-3-13)23-20(28)17-10-11-19(27)25(24-17)12-18(26)22-15-8-4-14(21)5-9-15/h2-11H,12H2,1H3,(H,22,26)(H,23,28). The molecule has 0 saturated carbocycles. The molecule has 0 aliphatic rings. The lowest BCUT2D eigenvalue weighted by molar-refractivity contribution is -0.117. The molecule has 2 N–H and O–H groups in total. The highest BCUT2D eigenvalue weighted by molar-refractivity contribution is 6.02. The largest absolute Gasteiger partial charge is 0.324 e. The fourth-order valence-electron chi connectivity index (χ4n) is 2.39. The first kappa shape index (κ1) is 19.0. The van der Waals surface area contributed by atoms with E-state index in [9.17, 15) is 18.8 Å². The summed E-state index contributed by atoms with van der Waals surface area (Å²) in [6.45, 7) is 1.54. The predicted molar refractivity (Wildman–Crippen MR) is 103 cm³/mol. The van der Waals surface area contributed by atoms with E-state index in [1.54, 1.807) is 12.1 Å². The van der Waals surface area contributed by atoms with Crippen molar-refractivity contribution in [3.63, 3.8) is 0 Å². The summed E-state index contributed by atoms with van der Waals surface area (Å²) in [5, 5.41) is 9.16. The normalized spacial score (nSPS) is 10.4. The molecule has 0 aliphatic heterocycles. The minimum Gasteiger partial charge on any atom is -0.324 e. The maximum atomic E-state index is 12.9. The van der Waals surface area contributed by atoms with Crippen LogP contribution in [0.2, 0.25) is 0 Å². The van der Waals surface area contributed by atoms with E-state index in [1.807, 2.05) is 19.1 Å². The number of nitrogens with one attached hydrogen (secondary N) is 2. The number of amides is 2. The van der Waals surface area contributed by atoms with Gasteiger partial charge in [-0.2, -0.15) is 5.10 Å². The van der Waals surface area contributed by atoms with Crippen molar-refractivity contribution in [2.24, 2.45) is 0 Å². The first-order chi connectivity index (χ1) is 13.4. The van der Waals surface area contributed by atoms with Gasteiger partial charge in [0, 0.05) is 17.4 Å². The van der Waals surface area contributed by atoms with Gasteiger partial charge in [0.15, 0.2) is 0 Å². The van der Waals surface area contributed by atoms with Crippen molar-refractivity contribution in [2.45, 2.75) is 13.5 Å². The molecule has 142 valence electrons. The van der Waals surface area contributed by atoms with E-state index < -0.39 is 23.2 Å². The number of carbonyl (C=O) groups is 2. The summed E-state index contributed by atoms with van der Waals surface area (Å²) >= 11 is 0. The van der Waals surface area contributed by atoms with E-state index in [4.69, 9.17) is 0 Å². The van der Waals surface area contributed by atoms with Crippen LogP contribution >= 0.6 is 0 Å². The van der Waals surface area contributed by atoms with Gasteiger partial charge in [0.25, 0.3) is 11.5 Å². The summed E-state index contributed by atoms with van der Waals surface area (Å²) in [5.41, 5.74) is 1.49. The third-order valence-corrected chi connectivity index (χ3v) is 3.83. The minimum absolute atomic E-state index is 0.00485. The van der Waals surface area contributed by atoms with E-state index >= 15 is 0 Å². The summed E-state index contributed by atoms with van der Waals surface area (Å²) in [5.74, 6) is -1.46. The first-order valence-corrected chi connectivity index (χ1v) is 8.42. The lowest BCUT2D eigenvalue weighted by Gasteiger charge is -2.09. The van der Waals surface area contributed by atoms with Crippen LogP contribution in [0.3, 0.4) is 0 Å². The topological polar surface area (TPSA) is 93.1 Å². The van der Waals surface area contributed by atoms with Crippen LogP contribution in [0.15, 0.2) is 65.5 Å². The highest BCUT2D eigenvalue weighted by atomic mass is 19.1. The molecular weight excluding hydrogens is 363 g/mol. The molecule has 3 aromatic rings. The van der Waals surface area contributed by atoms with Crippen LogP contribution in [0.5, 0.6) is 0 Å². The number of carbonyl (C=O) groups excluding carboxylic acids is 2. The zero-order valence-corrected chi connectivity index (χ0v) is 15.0. The number of halogens is 1. The van der Waals surface area contributed by atoms with Gasteiger partial charge >= 0.3 is 0 Å². The van der Waals surface area contributed by atoms with Gasteiger partial charge in [0.1, 0.15) is 18.1 Å². The van der Waals surface area contributed by atoms with Crippen LogP contribution in [-0.4, -0.2) is 21.6 Å². The molecule has 0 atom stereocenters. The Balaban J connectivity index is 1.70. The van der Waals surface area contributed by atoms with Crippen LogP contribution in [0.1, 0.15) is 16.1 Å². The van der Waals surface area contributed by atoms with Crippen molar-refractivity contribution < 1.29 is 14.0 Å². The zero-order valence-electron chi connectivity index (χ0n) is 15.0. The van der Waals surface area contributed by atoms with Crippen molar-refractivity contribution in [2.75, 3.05) is 10.6 Å². The van der Waals surface area contributed by atoms with Crippen LogP contribution < -0.4 is 16.2 Å². The molecule has 8 heteroatoms. The second-order valence-corrected chi connectivity index (χ2v) is 6.09. The van der Waals surface area contributed by atoms with E-state index in [-0.39, 0.29) is 12.2 Å². The highest BCUT2D eigenvalue weighted by Crippen LogP contribution is 2.10. The van der Waals surface area contributed by atoms with Crippen LogP contribution in [0.25, 0.3) is 0 Å². The van der Waals surface area contributed by atoms with Crippen LogP contribution in [0, 0.1) is 12.7 Å². The van der Waals surface area contributed by atoms with Gasteiger partial charge in [-0.3, -0.25) is 14.4 Å². The second-order valence-electron chi connectivity index (χ2n) is 6.09. The molecular formula is C20H17FN4O3. The van der Waals surface area contributed by atoms with Crippen molar-refractivity contribution in [3.8, 4) is 0 Å². The molecule has 0 unspecified atom stereocenters. The molecule has 0 saturated heterocycles. The lowest BCUT2D eigenvalue weighted by Crippen LogP contribution is -2.31. The average molecular weight is 380 g/mol. The molecule has 0 bridgehead atoms. The number of nitrogens with zero attached hydrogens (tertiary/aromatic N) is 2. The highest BCUT2D eigenvalue weighted by Gasteiger charge is 2.12. The summed E-state index contributed by atoms with van der Waals surface area (Å²) in [6, 6.07) is 14.9. The van der Waals surface area contributed by atoms with Gasteiger partial charge in [-0.25, -0.2) is 9.07 Å². The monoisotopic (exact) mass is 380 g/mol. The van der Waals surface area contributed by atoms with Gasteiger partial charge in [-0.1, -0.05) is 17.7 Å². The fraction of sp³-hybridized carbons (Fsp3) is 0.100. The lowest BCUT2D eigenvalue weighted by atomic mass is 10.2. The van der Waals surface area contributed by atoms with E-state index in [1.165, 1.54) is 36.4 Å². The quantitative estimate of drug-likeness (QED) is 0.712. The Morgan fingerprint density at radius 2 is 1.54 bits per heavy atom. The van der Waals surface area contributed by atoms with Gasteiger partial charge in [-0.05, 0) is 49.4 Å². The van der Waals surface area contributed by atoms with Gasteiger partial charge in [0.2, 0.25) is 5.91 Å². The molecule has 2 aromatic carbocycles. The van der Waals surface area contributed by atoms with Crippen LogP contribution in [-0.2, 0) is 11.3 Å². The molecule has 0 spiro atoms. The second kappa shape index (κ2) is 8.26. The zero-order chi connectivity index (χ0) is 20.1. The molecule has 1 heterocycles. The Labute approximate surface area is 159 Å². The van der Waals surface area contributed by atoms with Crippen molar-refractivity contribution in [3.05, 3.63) is 88.1 Å². The SMILES string of the molecule is Cc1ccc(NC(=O)c2ccc(=O)n(CC(=O)Nc3ccc(F)cc3)n2)cc1. The van der Waals surface area contributed by atoms with Crippen LogP contribution in [0.4, 0.5) is 15.8 Å². The summed E-state index contributed by atoms with van der Waals surface area (Å²) in [4.78, 5) is 36.4. The smallest absolute Gasteiger partial charge is 0.276 e. The molecule has 7 nitrogen and oxygen atoms in total. The maximum absolute atomic E-state index is 12.9. The molecule has 28 heavy (non-hydrogen) atoms. The Hall–Kier alpha value is -3.81. The molecule has 1 aromatic heterocycles. The summed E-state index contributed by atoms with van der Waals surface area (Å²) in [6.07, 6.45) is 0. The van der Waals surface area contributed by atoms with E-state index in [0.717, 1.165) is 10.2 Å². The number of hydrogen-bond acceptors (Lipinski definition) is 4. The Bertz CT molecular complexity index is 1060. The number of anilines is 2. The molecule has 0 aliphatic carbocycles. The summed E-state index contributed by atoms with van der Waals surface area (Å²) < 4.78 is 13.8.